The highest BCUT2D eigenvalue weighted by Crippen LogP contribution is 2.24. The van der Waals surface area contributed by atoms with Gasteiger partial charge in [-0.1, -0.05) is 12.1 Å². The van der Waals surface area contributed by atoms with Crippen molar-refractivity contribution in [2.45, 2.75) is 0 Å². The molecule has 0 aliphatic carbocycles. The lowest BCUT2D eigenvalue weighted by atomic mass is 10.1. The second-order valence-corrected chi connectivity index (χ2v) is 5.73. The van der Waals surface area contributed by atoms with Gasteiger partial charge in [0.25, 0.3) is 5.91 Å². The number of rotatable bonds is 3. The van der Waals surface area contributed by atoms with Gasteiger partial charge in [0.05, 0.1) is 11.3 Å². The second kappa shape index (κ2) is 5.93. The minimum absolute atomic E-state index is 0.338. The number of nitrogens with zero attached hydrogens (tertiary/aromatic N) is 4. The molecule has 4 rings (SSSR count). The summed E-state index contributed by atoms with van der Waals surface area (Å²) >= 11 is 0. The van der Waals surface area contributed by atoms with Crippen molar-refractivity contribution in [3.05, 3.63) is 48.3 Å². The normalized spacial score (nSPS) is 14.9. The number of hydrogen-bond donors (Lipinski definition) is 2. The van der Waals surface area contributed by atoms with Crippen LogP contribution in [0.25, 0.3) is 16.9 Å². The van der Waals surface area contributed by atoms with E-state index >= 15 is 0 Å². The van der Waals surface area contributed by atoms with Crippen LogP contribution < -0.4 is 16.0 Å². The van der Waals surface area contributed by atoms with Gasteiger partial charge in [-0.05, 0) is 24.3 Å². The summed E-state index contributed by atoms with van der Waals surface area (Å²) in [6, 6.07) is 11.8. The molecule has 1 fully saturated rings. The fraction of sp³-hybridized carbons (Fsp3) is 0.235. The molecule has 2 aromatic heterocycles. The predicted octanol–water partition coefficient (Wildman–Crippen LogP) is 0.705. The average Bonchev–Trinajstić information content (AvgIpc) is 3.11. The molecule has 0 spiro atoms. The topological polar surface area (TPSA) is 88.6 Å². The monoisotopic (exact) mass is 321 g/mol. The van der Waals surface area contributed by atoms with Gasteiger partial charge in [-0.25, -0.2) is 9.50 Å². The third-order valence-corrected chi connectivity index (χ3v) is 4.29. The zero-order chi connectivity index (χ0) is 16.5. The van der Waals surface area contributed by atoms with Crippen LogP contribution in [0.2, 0.25) is 0 Å². The van der Waals surface area contributed by atoms with Crippen molar-refractivity contribution in [2.24, 2.45) is 5.73 Å². The number of carbonyl (C=O) groups excluding carboxylic acids is 1. The van der Waals surface area contributed by atoms with E-state index < -0.39 is 5.91 Å². The first-order valence-electron chi connectivity index (χ1n) is 7.86. The Morgan fingerprint density at radius 3 is 2.58 bits per heavy atom. The first kappa shape index (κ1) is 14.6. The maximum Gasteiger partial charge on any atom is 0.252 e. The molecular formula is C17H17N6O. The van der Waals surface area contributed by atoms with Gasteiger partial charge in [0.2, 0.25) is 6.33 Å². The number of amides is 1. The van der Waals surface area contributed by atoms with Crippen molar-refractivity contribution in [1.29, 1.82) is 0 Å². The van der Waals surface area contributed by atoms with E-state index in [1.54, 1.807) is 10.6 Å². The third-order valence-electron chi connectivity index (χ3n) is 4.29. The number of pyridine rings is 1. The van der Waals surface area contributed by atoms with Gasteiger partial charge in [0, 0.05) is 37.4 Å². The van der Waals surface area contributed by atoms with Gasteiger partial charge < -0.3 is 16.0 Å². The van der Waals surface area contributed by atoms with Gasteiger partial charge in [-0.3, -0.25) is 4.79 Å². The van der Waals surface area contributed by atoms with Crippen molar-refractivity contribution in [3.63, 3.8) is 0 Å². The Labute approximate surface area is 139 Å². The highest BCUT2D eigenvalue weighted by molar-refractivity contribution is 5.99. The molecule has 0 saturated carbocycles. The summed E-state index contributed by atoms with van der Waals surface area (Å²) in [5.74, 6) is -0.526. The van der Waals surface area contributed by atoms with E-state index in [0.29, 0.717) is 11.2 Å². The molecule has 1 saturated heterocycles. The number of nitrogens with one attached hydrogen (secondary N) is 1. The van der Waals surface area contributed by atoms with Crippen LogP contribution in [0.3, 0.4) is 0 Å². The molecule has 24 heavy (non-hydrogen) atoms. The van der Waals surface area contributed by atoms with Gasteiger partial charge >= 0.3 is 0 Å². The number of fused-ring (bicyclic) bond motifs is 1. The van der Waals surface area contributed by atoms with Crippen molar-refractivity contribution in [3.8, 4) is 11.3 Å². The molecule has 7 heteroatoms. The molecule has 7 nitrogen and oxygen atoms in total. The molecular weight excluding hydrogens is 304 g/mol. The minimum atomic E-state index is -0.526. The van der Waals surface area contributed by atoms with Crippen LogP contribution in [0.15, 0.2) is 36.4 Å². The molecule has 3 N–H and O–H groups in total. The molecule has 1 radical (unpaired) electrons. The zero-order valence-electron chi connectivity index (χ0n) is 13.1. The first-order chi connectivity index (χ1) is 11.7. The molecule has 0 unspecified atom stereocenters. The number of anilines is 1. The van der Waals surface area contributed by atoms with Crippen molar-refractivity contribution in [1.82, 2.24) is 19.9 Å². The molecule has 1 aliphatic rings. The van der Waals surface area contributed by atoms with Crippen LogP contribution in [0.5, 0.6) is 0 Å². The maximum absolute atomic E-state index is 11.5. The quantitative estimate of drug-likeness (QED) is 0.741. The van der Waals surface area contributed by atoms with Gasteiger partial charge in [0.15, 0.2) is 5.65 Å². The zero-order valence-corrected chi connectivity index (χ0v) is 13.1. The second-order valence-electron chi connectivity index (χ2n) is 5.73. The lowest BCUT2D eigenvalue weighted by Crippen LogP contribution is -2.43. The fourth-order valence-electron chi connectivity index (χ4n) is 3.04. The molecule has 1 aliphatic heterocycles. The van der Waals surface area contributed by atoms with E-state index in [-0.39, 0.29) is 0 Å². The van der Waals surface area contributed by atoms with Crippen LogP contribution in [0.4, 0.5) is 5.69 Å². The van der Waals surface area contributed by atoms with Crippen LogP contribution in [-0.4, -0.2) is 46.7 Å². The standard InChI is InChI=1S/C17H17N6O/c18-16(24)14-5-6-15(23-17(14)20-11-21-23)12-1-3-13(4-2-12)22-9-7-19-8-10-22/h1-6,19H,7-10H2,(H2,18,24). The van der Waals surface area contributed by atoms with E-state index in [2.05, 4.69) is 50.9 Å². The first-order valence-corrected chi connectivity index (χ1v) is 7.86. The number of hydrogen-bond acceptors (Lipinski definition) is 5. The summed E-state index contributed by atoms with van der Waals surface area (Å²) < 4.78 is 1.60. The summed E-state index contributed by atoms with van der Waals surface area (Å²) in [6.07, 6.45) is 2.55. The highest BCUT2D eigenvalue weighted by atomic mass is 16.1. The van der Waals surface area contributed by atoms with Gasteiger partial charge in [-0.15, -0.1) is 5.10 Å². The Morgan fingerprint density at radius 1 is 1.12 bits per heavy atom. The molecule has 121 valence electrons. The van der Waals surface area contributed by atoms with E-state index in [1.807, 2.05) is 6.07 Å². The Morgan fingerprint density at radius 2 is 1.88 bits per heavy atom. The van der Waals surface area contributed by atoms with E-state index in [0.717, 1.165) is 37.4 Å². The van der Waals surface area contributed by atoms with Crippen molar-refractivity contribution >= 4 is 17.2 Å². The highest BCUT2D eigenvalue weighted by Gasteiger charge is 2.14. The van der Waals surface area contributed by atoms with Crippen LogP contribution in [0, 0.1) is 6.33 Å². The maximum atomic E-state index is 11.5. The lowest BCUT2D eigenvalue weighted by molar-refractivity contribution is 0.100. The Bertz CT molecular complexity index is 880. The number of aromatic nitrogens is 3. The summed E-state index contributed by atoms with van der Waals surface area (Å²) in [5.41, 5.74) is 9.19. The van der Waals surface area contributed by atoms with Crippen LogP contribution in [-0.2, 0) is 0 Å². The smallest absolute Gasteiger partial charge is 0.252 e. The average molecular weight is 321 g/mol. The summed E-state index contributed by atoms with van der Waals surface area (Å²) in [6.45, 7) is 4.03. The molecule has 3 heterocycles. The van der Waals surface area contributed by atoms with Crippen LogP contribution in [0.1, 0.15) is 10.4 Å². The molecule has 1 aromatic carbocycles. The number of primary amides is 1. The number of benzene rings is 1. The Kier molecular flexibility index (Phi) is 3.62. The van der Waals surface area contributed by atoms with Crippen molar-refractivity contribution in [2.75, 3.05) is 31.1 Å². The summed E-state index contributed by atoms with van der Waals surface area (Å²) in [4.78, 5) is 17.9. The number of nitrogens with two attached hydrogens (primary N) is 1. The minimum Gasteiger partial charge on any atom is -0.369 e. The molecule has 3 aromatic rings. The molecule has 1 amide bonds. The Hall–Kier alpha value is -2.93. The third kappa shape index (κ3) is 2.48. The van der Waals surface area contributed by atoms with E-state index in [1.165, 1.54) is 5.69 Å². The summed E-state index contributed by atoms with van der Waals surface area (Å²) in [5, 5.41) is 7.46. The molecule has 0 atom stereocenters. The largest absolute Gasteiger partial charge is 0.369 e. The van der Waals surface area contributed by atoms with E-state index in [9.17, 15) is 4.79 Å². The molecule has 0 bridgehead atoms. The van der Waals surface area contributed by atoms with Crippen molar-refractivity contribution < 1.29 is 4.79 Å². The van der Waals surface area contributed by atoms with Gasteiger partial charge in [0.1, 0.15) is 0 Å². The predicted molar refractivity (Wildman–Crippen MR) is 90.9 cm³/mol. The van der Waals surface area contributed by atoms with Gasteiger partial charge in [-0.2, -0.15) is 0 Å². The number of carbonyl (C=O) groups is 1. The van der Waals surface area contributed by atoms with E-state index in [4.69, 9.17) is 5.73 Å². The fourth-order valence-corrected chi connectivity index (χ4v) is 3.04. The summed E-state index contributed by atoms with van der Waals surface area (Å²) in [7, 11) is 0. The number of piperazine rings is 1. The lowest BCUT2D eigenvalue weighted by Gasteiger charge is -2.29. The Balaban J connectivity index is 1.71. The SMILES string of the molecule is NC(=O)c1ccc(-c2ccc(N3CCNCC3)cc2)n2n[c]nc12. The van der Waals surface area contributed by atoms with Crippen LogP contribution >= 0.6 is 0 Å².